The number of hydrogen-bond acceptors (Lipinski definition) is 8. The monoisotopic (exact) mass is 549 g/mol. The highest BCUT2D eigenvalue weighted by Crippen LogP contribution is 2.19. The quantitative estimate of drug-likeness (QED) is 0.121. The van der Waals surface area contributed by atoms with Crippen LogP contribution >= 0.6 is 0 Å². The summed E-state index contributed by atoms with van der Waals surface area (Å²) < 4.78 is 0. The van der Waals surface area contributed by atoms with Crippen LogP contribution < -0.4 is 21.7 Å². The molecule has 0 aliphatic rings. The third-order valence-corrected chi connectivity index (χ3v) is 5.83. The van der Waals surface area contributed by atoms with Crippen molar-refractivity contribution in [1.29, 1.82) is 0 Å². The van der Waals surface area contributed by atoms with E-state index < -0.39 is 85.2 Å². The Morgan fingerprint density at radius 1 is 0.872 bits per heavy atom. The van der Waals surface area contributed by atoms with E-state index in [4.69, 9.17) is 15.9 Å². The van der Waals surface area contributed by atoms with Gasteiger partial charge in [0.05, 0.1) is 12.5 Å². The Bertz CT molecular complexity index is 1230. The molecule has 5 unspecified atom stereocenters. The summed E-state index contributed by atoms with van der Waals surface area (Å²) in [6, 6.07) is 0.854. The summed E-state index contributed by atoms with van der Waals surface area (Å²) >= 11 is 0. The molecule has 0 radical (unpaired) electrons. The fourth-order valence-electron chi connectivity index (χ4n) is 3.67. The topological polar surface area (TPSA) is 261 Å². The van der Waals surface area contributed by atoms with E-state index in [2.05, 4.69) is 20.9 Å². The molecule has 0 saturated carbocycles. The number of hydrogen-bond donors (Lipinski definition) is 9. The number of rotatable bonds is 15. The van der Waals surface area contributed by atoms with Crippen LogP contribution in [0.4, 0.5) is 0 Å². The van der Waals surface area contributed by atoms with Crippen molar-refractivity contribution in [3.8, 4) is 0 Å². The van der Waals surface area contributed by atoms with Gasteiger partial charge in [-0.3, -0.25) is 24.0 Å². The lowest BCUT2D eigenvalue weighted by molar-refractivity contribution is -0.147. The summed E-state index contributed by atoms with van der Waals surface area (Å²) in [5, 5.41) is 44.4. The van der Waals surface area contributed by atoms with E-state index in [9.17, 15) is 39.0 Å². The van der Waals surface area contributed by atoms with Crippen molar-refractivity contribution in [3.05, 3.63) is 36.0 Å². The van der Waals surface area contributed by atoms with Gasteiger partial charge in [-0.1, -0.05) is 18.2 Å². The van der Waals surface area contributed by atoms with Crippen LogP contribution in [-0.4, -0.2) is 91.3 Å². The third kappa shape index (κ3) is 9.08. The van der Waals surface area contributed by atoms with Gasteiger partial charge >= 0.3 is 17.9 Å². The van der Waals surface area contributed by atoms with Crippen LogP contribution in [0.1, 0.15) is 31.7 Å². The Balaban J connectivity index is 2.35. The number of fused-ring (bicyclic) bond motifs is 1. The number of aliphatic hydroxyl groups excluding tert-OH is 1. The maximum absolute atomic E-state index is 13.2. The number of carbonyl (C=O) groups excluding carboxylic acids is 3. The predicted molar refractivity (Wildman–Crippen MR) is 134 cm³/mol. The highest BCUT2D eigenvalue weighted by molar-refractivity contribution is 5.95. The number of para-hydroxylation sites is 1. The van der Waals surface area contributed by atoms with E-state index in [1.54, 1.807) is 30.5 Å². The average molecular weight is 550 g/mol. The van der Waals surface area contributed by atoms with Crippen LogP contribution in [0.5, 0.6) is 0 Å². The highest BCUT2D eigenvalue weighted by atomic mass is 16.4. The fourth-order valence-corrected chi connectivity index (χ4v) is 3.67. The summed E-state index contributed by atoms with van der Waals surface area (Å²) in [5.74, 6) is -7.31. The molecule has 0 bridgehead atoms. The van der Waals surface area contributed by atoms with E-state index in [1.807, 2.05) is 0 Å². The standard InChI is InChI=1S/C24H31N5O10/c1-11(30)20(25)23(37)27-15(6-7-18(31)32)21(35)28-16(22(36)29-17(24(38)39)9-19(33)34)8-12-10-26-14-5-3-2-4-13(12)14/h2-5,10-11,15-17,20,26,30H,6-9,25H2,1H3,(H,27,37)(H,28,35)(H,29,36)(H,31,32)(H,33,34)(H,38,39). The van der Waals surface area contributed by atoms with Gasteiger partial charge in [0, 0.05) is 29.9 Å². The van der Waals surface area contributed by atoms with Gasteiger partial charge in [0.25, 0.3) is 0 Å². The van der Waals surface area contributed by atoms with E-state index in [1.165, 1.54) is 6.92 Å². The Hall–Kier alpha value is -4.50. The largest absolute Gasteiger partial charge is 0.481 e. The number of amides is 3. The number of carboxylic acids is 3. The molecule has 2 aromatic rings. The first kappa shape index (κ1) is 30.7. The van der Waals surface area contributed by atoms with E-state index in [-0.39, 0.29) is 6.42 Å². The van der Waals surface area contributed by atoms with Crippen LogP contribution in [-0.2, 0) is 35.2 Å². The lowest BCUT2D eigenvalue weighted by Gasteiger charge is -2.25. The normalized spacial score (nSPS) is 14.8. The molecule has 1 aromatic heterocycles. The first-order chi connectivity index (χ1) is 18.3. The molecular weight excluding hydrogens is 518 g/mol. The number of nitrogens with one attached hydrogen (secondary N) is 4. The molecular formula is C24H31N5O10. The van der Waals surface area contributed by atoms with Crippen molar-refractivity contribution < 1.29 is 49.2 Å². The number of aliphatic carboxylic acids is 3. The number of aromatic amines is 1. The zero-order valence-corrected chi connectivity index (χ0v) is 20.9. The molecule has 0 aliphatic carbocycles. The molecule has 2 rings (SSSR count). The molecule has 39 heavy (non-hydrogen) atoms. The van der Waals surface area contributed by atoms with Gasteiger partial charge in [-0.15, -0.1) is 0 Å². The van der Waals surface area contributed by atoms with Crippen LogP contribution in [0.25, 0.3) is 10.9 Å². The second-order valence-corrected chi connectivity index (χ2v) is 8.88. The van der Waals surface area contributed by atoms with Gasteiger partial charge in [0.2, 0.25) is 17.7 Å². The van der Waals surface area contributed by atoms with Crippen LogP contribution in [0.2, 0.25) is 0 Å². The number of H-pyrrole nitrogens is 1. The van der Waals surface area contributed by atoms with Gasteiger partial charge in [0.1, 0.15) is 24.2 Å². The summed E-state index contributed by atoms with van der Waals surface area (Å²) in [5.41, 5.74) is 6.87. The SMILES string of the molecule is CC(O)C(N)C(=O)NC(CCC(=O)O)C(=O)NC(Cc1c[nH]c2ccccc12)C(=O)NC(CC(=O)O)C(=O)O. The number of carboxylic acid groups (broad SMARTS) is 3. The maximum Gasteiger partial charge on any atom is 0.326 e. The number of aromatic nitrogens is 1. The molecule has 10 N–H and O–H groups in total. The van der Waals surface area contributed by atoms with E-state index >= 15 is 0 Å². The van der Waals surface area contributed by atoms with Crippen molar-refractivity contribution in [1.82, 2.24) is 20.9 Å². The van der Waals surface area contributed by atoms with Crippen LogP contribution in [0, 0.1) is 0 Å². The Morgan fingerprint density at radius 3 is 2.05 bits per heavy atom. The molecule has 3 amide bonds. The zero-order valence-electron chi connectivity index (χ0n) is 20.9. The van der Waals surface area contributed by atoms with Crippen LogP contribution in [0.15, 0.2) is 30.5 Å². The van der Waals surface area contributed by atoms with Gasteiger partial charge in [-0.25, -0.2) is 4.79 Å². The lowest BCUT2D eigenvalue weighted by atomic mass is 10.0. The number of nitrogens with two attached hydrogens (primary N) is 1. The Labute approximate surface area is 221 Å². The van der Waals surface area contributed by atoms with Crippen molar-refractivity contribution in [3.63, 3.8) is 0 Å². The number of aliphatic hydroxyl groups is 1. The van der Waals surface area contributed by atoms with Crippen molar-refractivity contribution >= 4 is 46.5 Å². The molecule has 1 aromatic carbocycles. The molecule has 0 aliphatic heterocycles. The molecule has 1 heterocycles. The summed E-state index contributed by atoms with van der Waals surface area (Å²) in [7, 11) is 0. The minimum atomic E-state index is -1.80. The Kier molecular flexibility index (Phi) is 10.9. The lowest BCUT2D eigenvalue weighted by Crippen LogP contribution is -2.58. The van der Waals surface area contributed by atoms with Crippen molar-refractivity contribution in [2.24, 2.45) is 5.73 Å². The first-order valence-electron chi connectivity index (χ1n) is 11.9. The number of benzene rings is 1. The molecule has 15 heteroatoms. The molecule has 212 valence electrons. The van der Waals surface area contributed by atoms with Crippen molar-refractivity contribution in [2.45, 2.75) is 62.9 Å². The molecule has 0 saturated heterocycles. The summed E-state index contributed by atoms with van der Waals surface area (Å²) in [6.45, 7) is 1.24. The smallest absolute Gasteiger partial charge is 0.326 e. The van der Waals surface area contributed by atoms with Gasteiger partial charge in [-0.2, -0.15) is 0 Å². The first-order valence-corrected chi connectivity index (χ1v) is 11.9. The second-order valence-electron chi connectivity index (χ2n) is 8.88. The third-order valence-electron chi connectivity index (χ3n) is 5.83. The molecule has 15 nitrogen and oxygen atoms in total. The molecule has 0 fully saturated rings. The van der Waals surface area contributed by atoms with Crippen LogP contribution in [0.3, 0.4) is 0 Å². The second kappa shape index (κ2) is 13.9. The average Bonchev–Trinajstić information content (AvgIpc) is 3.27. The summed E-state index contributed by atoms with van der Waals surface area (Å²) in [6.07, 6.45) is -1.74. The molecule has 0 spiro atoms. The maximum atomic E-state index is 13.2. The van der Waals surface area contributed by atoms with E-state index in [0.717, 1.165) is 0 Å². The minimum absolute atomic E-state index is 0.173. The van der Waals surface area contributed by atoms with Gasteiger partial charge < -0.3 is 47.1 Å². The van der Waals surface area contributed by atoms with Gasteiger partial charge in [-0.05, 0) is 25.0 Å². The minimum Gasteiger partial charge on any atom is -0.481 e. The Morgan fingerprint density at radius 2 is 1.46 bits per heavy atom. The van der Waals surface area contributed by atoms with E-state index in [0.29, 0.717) is 16.5 Å². The summed E-state index contributed by atoms with van der Waals surface area (Å²) in [4.78, 5) is 75.3. The number of carbonyl (C=O) groups is 6. The fraction of sp³-hybridized carbons (Fsp3) is 0.417. The zero-order chi connectivity index (χ0) is 29.3. The predicted octanol–water partition coefficient (Wildman–Crippen LogP) is -1.70. The van der Waals surface area contributed by atoms with Gasteiger partial charge in [0.15, 0.2) is 0 Å². The van der Waals surface area contributed by atoms with Crippen molar-refractivity contribution in [2.75, 3.05) is 0 Å². The molecule has 5 atom stereocenters. The highest BCUT2D eigenvalue weighted by Gasteiger charge is 2.32.